The maximum absolute atomic E-state index is 8.63. The summed E-state index contributed by atoms with van der Waals surface area (Å²) in [5.74, 6) is 0.401. The summed E-state index contributed by atoms with van der Waals surface area (Å²) < 4.78 is 25.9. The molecule has 5 rings (SSSR count). The van der Waals surface area contributed by atoms with Gasteiger partial charge in [0, 0.05) is 15.5 Å². The van der Waals surface area contributed by atoms with Gasteiger partial charge in [0.15, 0.2) is 0 Å². The lowest BCUT2D eigenvalue weighted by atomic mass is 9.76. The number of hydrogen-bond donors (Lipinski definition) is 0. The number of fused-ring (bicyclic) bond motifs is 1. The van der Waals surface area contributed by atoms with Gasteiger partial charge < -0.3 is 9.80 Å². The Morgan fingerprint density at radius 2 is 1.68 bits per heavy atom. The molecule has 1 aliphatic carbocycles. The summed E-state index contributed by atoms with van der Waals surface area (Å²) in [5.41, 5.74) is 4.90. The fourth-order valence-corrected chi connectivity index (χ4v) is 5.64. The van der Waals surface area contributed by atoms with Crippen LogP contribution in [0.5, 0.6) is 0 Å². The topological polar surface area (TPSA) is 6.48 Å². The Morgan fingerprint density at radius 3 is 2.39 bits per heavy atom. The van der Waals surface area contributed by atoms with Crippen molar-refractivity contribution in [3.05, 3.63) is 89.3 Å². The fraction of sp³-hybridized carbons (Fsp3) is 0.385. The zero-order valence-corrected chi connectivity index (χ0v) is 16.7. The number of hydrogen-bond acceptors (Lipinski definition) is 2. The van der Waals surface area contributed by atoms with Crippen molar-refractivity contribution < 1.29 is 4.11 Å². The van der Waals surface area contributed by atoms with Gasteiger partial charge in [-0.05, 0) is 62.7 Å². The Balaban J connectivity index is 1.74. The van der Waals surface area contributed by atoms with E-state index >= 15 is 0 Å². The molecule has 2 heterocycles. The van der Waals surface area contributed by atoms with E-state index in [1.165, 1.54) is 18.4 Å². The molecule has 0 bridgehead atoms. The summed E-state index contributed by atoms with van der Waals surface area (Å²) in [4.78, 5) is 4.31. The molecular formula is C26H30N2. The third-order valence-electron chi connectivity index (χ3n) is 6.96. The predicted molar refractivity (Wildman–Crippen MR) is 117 cm³/mol. The molecule has 0 saturated heterocycles. The molecule has 28 heavy (non-hydrogen) atoms. The SMILES string of the molecule is [2H]C([2H])([2H])C1N(c2ccccc2C)C(C)=C2C=CC(c3ccccc3)(C3CCCC3)N21. The molecule has 2 unspecified atom stereocenters. The van der Waals surface area contributed by atoms with Crippen LogP contribution < -0.4 is 4.90 Å². The highest BCUT2D eigenvalue weighted by atomic mass is 15.4. The monoisotopic (exact) mass is 373 g/mol. The van der Waals surface area contributed by atoms with Crippen LogP contribution in [0.2, 0.25) is 0 Å². The van der Waals surface area contributed by atoms with Crippen molar-refractivity contribution in [1.82, 2.24) is 4.90 Å². The molecule has 1 fully saturated rings. The minimum Gasteiger partial charge on any atom is -0.336 e. The van der Waals surface area contributed by atoms with Gasteiger partial charge in [-0.15, -0.1) is 0 Å². The lowest BCUT2D eigenvalue weighted by Crippen LogP contribution is -2.51. The average molecular weight is 374 g/mol. The van der Waals surface area contributed by atoms with Gasteiger partial charge in [-0.2, -0.15) is 0 Å². The highest BCUT2D eigenvalue weighted by Gasteiger charge is 2.53. The largest absolute Gasteiger partial charge is 0.336 e. The van der Waals surface area contributed by atoms with Crippen LogP contribution in [0.4, 0.5) is 5.69 Å². The molecule has 2 aliphatic heterocycles. The first kappa shape index (κ1) is 14.5. The van der Waals surface area contributed by atoms with E-state index < -0.39 is 18.6 Å². The van der Waals surface area contributed by atoms with E-state index in [0.29, 0.717) is 5.92 Å². The van der Waals surface area contributed by atoms with Crippen molar-refractivity contribution >= 4 is 5.69 Å². The molecule has 2 nitrogen and oxygen atoms in total. The Labute approximate surface area is 173 Å². The summed E-state index contributed by atoms with van der Waals surface area (Å²) >= 11 is 0. The van der Waals surface area contributed by atoms with E-state index in [0.717, 1.165) is 35.5 Å². The molecule has 144 valence electrons. The van der Waals surface area contributed by atoms with Crippen LogP contribution in [0.1, 0.15) is 54.7 Å². The van der Waals surface area contributed by atoms with Gasteiger partial charge in [-0.25, -0.2) is 0 Å². The van der Waals surface area contributed by atoms with Gasteiger partial charge in [-0.3, -0.25) is 0 Å². The number of benzene rings is 2. The molecule has 0 radical (unpaired) electrons. The number of allylic oxidation sites excluding steroid dienone is 2. The minimum atomic E-state index is -2.17. The standard InChI is InChI=1S/C26H30N2/c1-19-11-7-10-16-24(19)27-20(2)25-17-18-26(28(25)21(27)3,23-14-8-9-15-23)22-12-5-4-6-13-22/h4-7,10-13,16-18,21,23H,8-9,14-15H2,1-3H3/i3D3. The molecule has 3 aliphatic rings. The fourth-order valence-electron chi connectivity index (χ4n) is 5.64. The second kappa shape index (κ2) is 6.55. The normalized spacial score (nSPS) is 29.2. The highest BCUT2D eigenvalue weighted by Crippen LogP contribution is 2.55. The Kier molecular flexibility index (Phi) is 3.39. The molecule has 0 N–H and O–H groups in total. The van der Waals surface area contributed by atoms with Crippen molar-refractivity contribution in [2.45, 2.75) is 58.1 Å². The summed E-state index contributed by atoms with van der Waals surface area (Å²) in [6, 6.07) is 18.7. The van der Waals surface area contributed by atoms with Crippen LogP contribution in [0.15, 0.2) is 78.1 Å². The van der Waals surface area contributed by atoms with Gasteiger partial charge in [0.1, 0.15) is 6.17 Å². The Hall–Kier alpha value is -2.48. The first-order valence-corrected chi connectivity index (χ1v) is 10.5. The van der Waals surface area contributed by atoms with E-state index in [4.69, 9.17) is 4.11 Å². The summed E-state index contributed by atoms with van der Waals surface area (Å²) in [6.45, 7) is 1.96. The van der Waals surface area contributed by atoms with E-state index in [9.17, 15) is 0 Å². The summed E-state index contributed by atoms with van der Waals surface area (Å²) in [7, 11) is 0. The number of aryl methyl sites for hydroxylation is 1. The smallest absolute Gasteiger partial charge is 0.104 e. The van der Waals surface area contributed by atoms with E-state index in [1.54, 1.807) is 0 Å². The maximum atomic E-state index is 8.63. The van der Waals surface area contributed by atoms with Crippen LogP contribution in [-0.4, -0.2) is 11.1 Å². The zero-order valence-electron chi connectivity index (χ0n) is 19.7. The number of nitrogens with zero attached hydrogens (tertiary/aromatic N) is 2. The van der Waals surface area contributed by atoms with Crippen molar-refractivity contribution in [2.24, 2.45) is 5.92 Å². The zero-order chi connectivity index (χ0) is 21.8. The second-order valence-corrected chi connectivity index (χ2v) is 8.38. The third kappa shape index (κ3) is 2.33. The summed E-state index contributed by atoms with van der Waals surface area (Å²) in [5, 5.41) is 0. The average Bonchev–Trinajstić information content (AvgIpc) is 3.46. The van der Waals surface area contributed by atoms with Crippen LogP contribution in [0.3, 0.4) is 0 Å². The van der Waals surface area contributed by atoms with Crippen molar-refractivity contribution in [3.63, 3.8) is 0 Å². The lowest BCUT2D eigenvalue weighted by molar-refractivity contribution is 0.101. The second-order valence-electron chi connectivity index (χ2n) is 8.38. The molecule has 1 saturated carbocycles. The number of anilines is 1. The molecule has 0 amide bonds. The van der Waals surface area contributed by atoms with Crippen LogP contribution in [0, 0.1) is 12.8 Å². The molecule has 2 heteroatoms. The van der Waals surface area contributed by atoms with E-state index in [2.05, 4.69) is 66.1 Å². The quantitative estimate of drug-likeness (QED) is 0.618. The van der Waals surface area contributed by atoms with Gasteiger partial charge in [0.05, 0.1) is 11.2 Å². The molecule has 2 aromatic rings. The number of para-hydroxylation sites is 1. The van der Waals surface area contributed by atoms with Crippen molar-refractivity contribution in [1.29, 1.82) is 0 Å². The van der Waals surface area contributed by atoms with E-state index in [-0.39, 0.29) is 0 Å². The number of rotatable bonds is 3. The first-order chi connectivity index (χ1) is 14.9. The maximum Gasteiger partial charge on any atom is 0.104 e. The predicted octanol–water partition coefficient (Wildman–Crippen LogP) is 6.35. The molecular weight excluding hydrogens is 340 g/mol. The van der Waals surface area contributed by atoms with Crippen molar-refractivity contribution in [3.8, 4) is 0 Å². The molecule has 2 atom stereocenters. The van der Waals surface area contributed by atoms with Crippen LogP contribution in [-0.2, 0) is 5.54 Å². The van der Waals surface area contributed by atoms with E-state index in [1.807, 2.05) is 24.3 Å². The van der Waals surface area contributed by atoms with Gasteiger partial charge in [0.2, 0.25) is 0 Å². The minimum absolute atomic E-state index is 0.401. The third-order valence-corrected chi connectivity index (χ3v) is 6.96. The first-order valence-electron chi connectivity index (χ1n) is 12.0. The molecule has 0 aromatic heterocycles. The van der Waals surface area contributed by atoms with Gasteiger partial charge >= 0.3 is 0 Å². The summed E-state index contributed by atoms with van der Waals surface area (Å²) in [6.07, 6.45) is 8.40. The van der Waals surface area contributed by atoms with Gasteiger partial charge in [-0.1, -0.05) is 67.4 Å². The van der Waals surface area contributed by atoms with Crippen LogP contribution >= 0.6 is 0 Å². The lowest BCUT2D eigenvalue weighted by Gasteiger charge is -2.47. The molecule has 0 spiro atoms. The highest BCUT2D eigenvalue weighted by molar-refractivity contribution is 5.63. The van der Waals surface area contributed by atoms with Crippen molar-refractivity contribution in [2.75, 3.05) is 4.90 Å². The van der Waals surface area contributed by atoms with Crippen LogP contribution in [0.25, 0.3) is 0 Å². The van der Waals surface area contributed by atoms with Gasteiger partial charge in [0.25, 0.3) is 0 Å². The molecule has 2 aromatic carbocycles. The Morgan fingerprint density at radius 1 is 0.964 bits per heavy atom. The Bertz CT molecular complexity index is 1030.